The number of para-hydroxylation sites is 1. The van der Waals surface area contributed by atoms with Gasteiger partial charge in [-0.25, -0.2) is 0 Å². The highest BCUT2D eigenvalue weighted by Gasteiger charge is 2.10. The van der Waals surface area contributed by atoms with Gasteiger partial charge in [0.05, 0.1) is 12.8 Å². The van der Waals surface area contributed by atoms with Crippen LogP contribution in [0.4, 0.5) is 5.69 Å². The first-order chi connectivity index (χ1) is 9.78. The summed E-state index contributed by atoms with van der Waals surface area (Å²) >= 11 is 0. The molecule has 0 unspecified atom stereocenters. The minimum Gasteiger partial charge on any atom is -0.497 e. The van der Waals surface area contributed by atoms with Crippen molar-refractivity contribution < 1.29 is 9.53 Å². The number of hydrogen-bond acceptors (Lipinski definition) is 4. The number of ether oxygens (including phenoxy) is 1. The molecule has 3 aromatic rings. The smallest absolute Gasteiger partial charge is 0.255 e. The molecule has 0 saturated heterocycles. The van der Waals surface area contributed by atoms with Crippen molar-refractivity contribution in [2.75, 3.05) is 12.4 Å². The zero-order valence-electron chi connectivity index (χ0n) is 10.8. The lowest BCUT2D eigenvalue weighted by molar-refractivity contribution is 0.102. The molecule has 1 amide bonds. The molecule has 0 saturated carbocycles. The third kappa shape index (κ3) is 2.18. The third-order valence-corrected chi connectivity index (χ3v) is 2.93. The number of carbonyl (C=O) groups excluding carboxylic acids is 1. The van der Waals surface area contributed by atoms with Gasteiger partial charge in [-0.15, -0.1) is 0 Å². The summed E-state index contributed by atoms with van der Waals surface area (Å²) in [6.07, 6.45) is 0. The van der Waals surface area contributed by atoms with Crippen LogP contribution in [0.25, 0.3) is 11.0 Å². The van der Waals surface area contributed by atoms with Crippen LogP contribution in [0.1, 0.15) is 10.4 Å². The molecule has 2 aromatic carbocycles. The average Bonchev–Trinajstić information content (AvgIpc) is 2.97. The summed E-state index contributed by atoms with van der Waals surface area (Å²) in [6, 6.07) is 12.4. The van der Waals surface area contributed by atoms with Gasteiger partial charge in [0.2, 0.25) is 0 Å². The molecule has 0 fully saturated rings. The molecule has 6 nitrogen and oxygen atoms in total. The second-order valence-electron chi connectivity index (χ2n) is 4.18. The molecule has 0 bridgehead atoms. The highest BCUT2D eigenvalue weighted by molar-refractivity contribution is 6.08. The predicted molar refractivity (Wildman–Crippen MR) is 74.8 cm³/mol. The molecular weight excluding hydrogens is 256 g/mol. The van der Waals surface area contributed by atoms with Crippen molar-refractivity contribution in [1.29, 1.82) is 0 Å². The summed E-state index contributed by atoms with van der Waals surface area (Å²) in [4.78, 5) is 12.2. The van der Waals surface area contributed by atoms with E-state index in [1.807, 2.05) is 12.1 Å². The lowest BCUT2D eigenvalue weighted by Gasteiger charge is -2.06. The van der Waals surface area contributed by atoms with Gasteiger partial charge < -0.3 is 10.1 Å². The summed E-state index contributed by atoms with van der Waals surface area (Å²) in [5.74, 6) is 0.414. The molecular formula is C14H12N4O2. The quantitative estimate of drug-likeness (QED) is 0.763. The number of rotatable bonds is 3. The number of aromatic nitrogens is 3. The zero-order chi connectivity index (χ0) is 13.9. The van der Waals surface area contributed by atoms with Crippen molar-refractivity contribution in [3.05, 3.63) is 48.0 Å². The molecule has 0 aliphatic rings. The van der Waals surface area contributed by atoms with Crippen LogP contribution in [0.5, 0.6) is 5.75 Å². The van der Waals surface area contributed by atoms with Gasteiger partial charge in [-0.3, -0.25) is 4.79 Å². The number of fused-ring (bicyclic) bond motifs is 1. The van der Waals surface area contributed by atoms with Crippen molar-refractivity contribution in [2.45, 2.75) is 0 Å². The molecule has 0 spiro atoms. The minimum atomic E-state index is -0.223. The fourth-order valence-corrected chi connectivity index (χ4v) is 1.93. The molecule has 6 heteroatoms. The fraction of sp³-hybridized carbons (Fsp3) is 0.0714. The van der Waals surface area contributed by atoms with E-state index in [1.165, 1.54) is 0 Å². The molecule has 0 aliphatic heterocycles. The number of amides is 1. The third-order valence-electron chi connectivity index (χ3n) is 2.93. The molecule has 100 valence electrons. The molecule has 1 heterocycles. The van der Waals surface area contributed by atoms with Crippen LogP contribution in [-0.2, 0) is 0 Å². The van der Waals surface area contributed by atoms with Crippen LogP contribution >= 0.6 is 0 Å². The van der Waals surface area contributed by atoms with E-state index in [-0.39, 0.29) is 5.91 Å². The number of nitrogens with one attached hydrogen (secondary N) is 2. The van der Waals surface area contributed by atoms with Crippen molar-refractivity contribution >= 4 is 22.6 Å². The Kier molecular flexibility index (Phi) is 3.04. The Labute approximate surface area is 114 Å². The number of anilines is 1. The van der Waals surface area contributed by atoms with E-state index in [9.17, 15) is 4.79 Å². The fourth-order valence-electron chi connectivity index (χ4n) is 1.93. The Bertz CT molecular complexity index is 766. The predicted octanol–water partition coefficient (Wildman–Crippen LogP) is 2.22. The summed E-state index contributed by atoms with van der Waals surface area (Å²) in [6.45, 7) is 0. The number of carbonyl (C=O) groups is 1. The Balaban J connectivity index is 1.90. The molecule has 20 heavy (non-hydrogen) atoms. The topological polar surface area (TPSA) is 79.9 Å². The number of benzene rings is 2. The van der Waals surface area contributed by atoms with Crippen LogP contribution in [0.3, 0.4) is 0 Å². The molecule has 0 atom stereocenters. The first-order valence-electron chi connectivity index (χ1n) is 6.03. The van der Waals surface area contributed by atoms with Gasteiger partial charge >= 0.3 is 0 Å². The monoisotopic (exact) mass is 268 g/mol. The molecule has 2 N–H and O–H groups in total. The molecule has 3 rings (SSSR count). The van der Waals surface area contributed by atoms with Gasteiger partial charge in [0.15, 0.2) is 0 Å². The molecule has 0 aliphatic carbocycles. The van der Waals surface area contributed by atoms with Crippen LogP contribution in [0.15, 0.2) is 42.5 Å². The maximum absolute atomic E-state index is 12.2. The first-order valence-corrected chi connectivity index (χ1v) is 6.03. The van der Waals surface area contributed by atoms with Crippen LogP contribution in [0, 0.1) is 0 Å². The highest BCUT2D eigenvalue weighted by Crippen LogP contribution is 2.20. The second-order valence-corrected chi connectivity index (χ2v) is 4.18. The normalized spacial score (nSPS) is 10.4. The Hall–Kier alpha value is -2.89. The van der Waals surface area contributed by atoms with Crippen molar-refractivity contribution in [2.24, 2.45) is 0 Å². The van der Waals surface area contributed by atoms with Crippen LogP contribution in [0.2, 0.25) is 0 Å². The number of nitrogens with zero attached hydrogens (tertiary/aromatic N) is 2. The lowest BCUT2D eigenvalue weighted by Crippen LogP contribution is -2.12. The van der Waals surface area contributed by atoms with Gasteiger partial charge in [-0.2, -0.15) is 15.4 Å². The van der Waals surface area contributed by atoms with E-state index in [4.69, 9.17) is 4.74 Å². The molecule has 0 radical (unpaired) electrons. The van der Waals surface area contributed by atoms with Gasteiger partial charge in [-0.05, 0) is 30.3 Å². The van der Waals surface area contributed by atoms with E-state index >= 15 is 0 Å². The minimum absolute atomic E-state index is 0.223. The van der Waals surface area contributed by atoms with E-state index in [1.54, 1.807) is 37.4 Å². The summed E-state index contributed by atoms with van der Waals surface area (Å²) in [5.41, 5.74) is 2.46. The summed E-state index contributed by atoms with van der Waals surface area (Å²) in [5, 5.41) is 13.4. The van der Waals surface area contributed by atoms with Gasteiger partial charge in [-0.1, -0.05) is 12.1 Å². The van der Waals surface area contributed by atoms with Crippen molar-refractivity contribution in [3.63, 3.8) is 0 Å². The first kappa shape index (κ1) is 12.2. The maximum Gasteiger partial charge on any atom is 0.255 e. The number of H-pyrrole nitrogens is 1. The van der Waals surface area contributed by atoms with E-state index in [0.717, 1.165) is 0 Å². The Morgan fingerprint density at radius 1 is 1.20 bits per heavy atom. The van der Waals surface area contributed by atoms with Gasteiger partial charge in [0.1, 0.15) is 16.8 Å². The Morgan fingerprint density at radius 3 is 2.90 bits per heavy atom. The number of methoxy groups -OCH3 is 1. The molecule has 1 aromatic heterocycles. The largest absolute Gasteiger partial charge is 0.497 e. The van der Waals surface area contributed by atoms with Crippen LogP contribution < -0.4 is 10.1 Å². The van der Waals surface area contributed by atoms with Crippen molar-refractivity contribution in [3.8, 4) is 5.75 Å². The van der Waals surface area contributed by atoms with E-state index < -0.39 is 0 Å². The lowest BCUT2D eigenvalue weighted by atomic mass is 10.2. The number of aromatic amines is 1. The zero-order valence-corrected chi connectivity index (χ0v) is 10.8. The van der Waals surface area contributed by atoms with Crippen LogP contribution in [-0.4, -0.2) is 28.4 Å². The summed E-state index contributed by atoms with van der Waals surface area (Å²) in [7, 11) is 1.56. The van der Waals surface area contributed by atoms with Crippen molar-refractivity contribution in [1.82, 2.24) is 15.4 Å². The van der Waals surface area contributed by atoms with E-state index in [2.05, 4.69) is 20.7 Å². The van der Waals surface area contributed by atoms with Gasteiger partial charge in [0, 0.05) is 5.56 Å². The second kappa shape index (κ2) is 5.00. The Morgan fingerprint density at radius 2 is 2.05 bits per heavy atom. The highest BCUT2D eigenvalue weighted by atomic mass is 16.5. The average molecular weight is 268 g/mol. The van der Waals surface area contributed by atoms with Gasteiger partial charge in [0.25, 0.3) is 5.91 Å². The SMILES string of the molecule is COc1cccc(C(=O)Nc2cccc3n[nH]nc23)c1. The summed E-state index contributed by atoms with van der Waals surface area (Å²) < 4.78 is 5.11. The number of hydrogen-bond donors (Lipinski definition) is 2. The maximum atomic E-state index is 12.2. The standard InChI is InChI=1S/C14H12N4O2/c1-20-10-5-2-4-9(8-10)14(19)15-11-6-3-7-12-13(11)17-18-16-12/h2-8H,1H3,(H,15,19)(H,16,17,18). The van der Waals surface area contributed by atoms with E-state index in [0.29, 0.717) is 28.0 Å².